The average Bonchev–Trinajstić information content (AvgIpc) is 2.27. The number of aliphatic hydroxyl groups is 1. The van der Waals surface area contributed by atoms with Gasteiger partial charge in [-0.05, 0) is 13.0 Å². The van der Waals surface area contributed by atoms with Gasteiger partial charge in [-0.25, -0.2) is 8.78 Å². The van der Waals surface area contributed by atoms with Crippen LogP contribution >= 0.6 is 0 Å². The summed E-state index contributed by atoms with van der Waals surface area (Å²) in [4.78, 5) is 0. The Balaban J connectivity index is 3.17. The standard InChI is InChI=1S/C12H14F5NO/c1-10(19,12(15,16)17)6-11(18,7-13)8-4-2-3-5-9(8)14/h2-5,19H,6-7,18H2,1H3/t10-,11+/m0/s1. The summed E-state index contributed by atoms with van der Waals surface area (Å²) < 4.78 is 64.4. The number of hydrogen-bond acceptors (Lipinski definition) is 2. The van der Waals surface area contributed by atoms with Gasteiger partial charge in [-0.15, -0.1) is 0 Å². The summed E-state index contributed by atoms with van der Waals surface area (Å²) in [5, 5.41) is 9.38. The molecule has 0 aliphatic rings. The van der Waals surface area contributed by atoms with E-state index in [1.54, 1.807) is 0 Å². The van der Waals surface area contributed by atoms with Crippen molar-refractivity contribution >= 4 is 0 Å². The molecule has 2 atom stereocenters. The largest absolute Gasteiger partial charge is 0.416 e. The lowest BCUT2D eigenvalue weighted by Gasteiger charge is -2.36. The first-order chi connectivity index (χ1) is 8.53. The molecule has 0 unspecified atom stereocenters. The molecule has 19 heavy (non-hydrogen) atoms. The highest BCUT2D eigenvalue weighted by atomic mass is 19.4. The molecule has 0 spiro atoms. The van der Waals surface area contributed by atoms with Gasteiger partial charge in [0.2, 0.25) is 0 Å². The zero-order valence-corrected chi connectivity index (χ0v) is 10.1. The van der Waals surface area contributed by atoms with Gasteiger partial charge in [-0.3, -0.25) is 0 Å². The van der Waals surface area contributed by atoms with Crippen molar-refractivity contribution < 1.29 is 27.1 Å². The number of benzene rings is 1. The Morgan fingerprint density at radius 2 is 1.74 bits per heavy atom. The molecule has 0 aromatic heterocycles. The number of alkyl halides is 4. The Labute approximate surface area is 107 Å². The molecule has 2 nitrogen and oxygen atoms in total. The van der Waals surface area contributed by atoms with Crippen molar-refractivity contribution in [2.75, 3.05) is 6.67 Å². The summed E-state index contributed by atoms with van der Waals surface area (Å²) in [5.41, 5.74) is -0.332. The Bertz CT molecular complexity index is 446. The molecule has 108 valence electrons. The lowest BCUT2D eigenvalue weighted by molar-refractivity contribution is -0.260. The van der Waals surface area contributed by atoms with E-state index in [0.717, 1.165) is 12.1 Å². The number of nitrogens with two attached hydrogens (primary N) is 1. The van der Waals surface area contributed by atoms with Gasteiger partial charge in [0.25, 0.3) is 0 Å². The molecule has 0 amide bonds. The Hall–Kier alpha value is -1.21. The first-order valence-electron chi connectivity index (χ1n) is 5.42. The van der Waals surface area contributed by atoms with Crippen LogP contribution in [0.25, 0.3) is 0 Å². The first kappa shape index (κ1) is 15.8. The van der Waals surface area contributed by atoms with Crippen molar-refractivity contribution in [3.05, 3.63) is 35.6 Å². The fraction of sp³-hybridized carbons (Fsp3) is 0.500. The molecule has 0 saturated heterocycles. The van der Waals surface area contributed by atoms with Gasteiger partial charge in [-0.2, -0.15) is 13.2 Å². The van der Waals surface area contributed by atoms with Gasteiger partial charge in [0.1, 0.15) is 12.5 Å². The molecular weight excluding hydrogens is 269 g/mol. The highest BCUT2D eigenvalue weighted by Crippen LogP contribution is 2.39. The van der Waals surface area contributed by atoms with Gasteiger partial charge in [0.15, 0.2) is 5.60 Å². The molecule has 1 rings (SSSR count). The molecular formula is C12H14F5NO. The quantitative estimate of drug-likeness (QED) is 0.834. The smallest absolute Gasteiger partial charge is 0.381 e. The van der Waals surface area contributed by atoms with Gasteiger partial charge in [-0.1, -0.05) is 18.2 Å². The summed E-state index contributed by atoms with van der Waals surface area (Å²) in [6.45, 7) is -0.953. The number of halogens is 5. The predicted molar refractivity (Wildman–Crippen MR) is 59.5 cm³/mol. The third-order valence-electron chi connectivity index (χ3n) is 2.92. The predicted octanol–water partition coefficient (Wildman–Crippen LogP) is 2.65. The minimum atomic E-state index is -4.99. The molecule has 7 heteroatoms. The maximum Gasteiger partial charge on any atom is 0.416 e. The molecule has 0 fully saturated rings. The van der Waals surface area contributed by atoms with Gasteiger partial charge >= 0.3 is 6.18 Å². The highest BCUT2D eigenvalue weighted by Gasteiger charge is 2.54. The van der Waals surface area contributed by atoms with Crippen LogP contribution in [0.15, 0.2) is 24.3 Å². The van der Waals surface area contributed by atoms with Crippen molar-refractivity contribution in [3.8, 4) is 0 Å². The normalized spacial score (nSPS) is 18.7. The Kier molecular flexibility index (Phi) is 4.21. The van der Waals surface area contributed by atoms with Crippen LogP contribution in [0.1, 0.15) is 18.9 Å². The number of hydrogen-bond donors (Lipinski definition) is 2. The van der Waals surface area contributed by atoms with Crippen LogP contribution in [-0.4, -0.2) is 23.6 Å². The van der Waals surface area contributed by atoms with E-state index in [1.165, 1.54) is 12.1 Å². The van der Waals surface area contributed by atoms with E-state index >= 15 is 0 Å². The topological polar surface area (TPSA) is 46.2 Å². The summed E-state index contributed by atoms with van der Waals surface area (Å²) in [5.74, 6) is -0.916. The summed E-state index contributed by atoms with van der Waals surface area (Å²) >= 11 is 0. The zero-order chi connectivity index (χ0) is 14.9. The highest BCUT2D eigenvalue weighted by molar-refractivity contribution is 5.27. The summed E-state index contributed by atoms with van der Waals surface area (Å²) in [7, 11) is 0. The van der Waals surface area contributed by atoms with E-state index in [-0.39, 0.29) is 0 Å². The molecule has 1 aromatic rings. The van der Waals surface area contributed by atoms with Crippen molar-refractivity contribution in [2.24, 2.45) is 5.73 Å². The van der Waals surface area contributed by atoms with E-state index in [2.05, 4.69) is 0 Å². The lowest BCUT2D eigenvalue weighted by atomic mass is 9.81. The van der Waals surface area contributed by atoms with Crippen LogP contribution in [-0.2, 0) is 5.54 Å². The van der Waals surface area contributed by atoms with Crippen LogP contribution in [0.5, 0.6) is 0 Å². The van der Waals surface area contributed by atoms with E-state index < -0.39 is 41.8 Å². The monoisotopic (exact) mass is 283 g/mol. The van der Waals surface area contributed by atoms with Crippen molar-refractivity contribution in [2.45, 2.75) is 30.7 Å². The molecule has 0 bridgehead atoms. The van der Waals surface area contributed by atoms with Crippen LogP contribution in [0, 0.1) is 5.82 Å². The average molecular weight is 283 g/mol. The zero-order valence-electron chi connectivity index (χ0n) is 10.1. The van der Waals surface area contributed by atoms with Crippen molar-refractivity contribution in [1.29, 1.82) is 0 Å². The van der Waals surface area contributed by atoms with Gasteiger partial charge in [0.05, 0.1) is 5.54 Å². The maximum atomic E-state index is 13.5. The minimum absolute atomic E-state index is 0.401. The van der Waals surface area contributed by atoms with E-state index in [9.17, 15) is 27.1 Å². The van der Waals surface area contributed by atoms with E-state index in [0.29, 0.717) is 6.92 Å². The second kappa shape index (κ2) is 5.05. The molecule has 0 heterocycles. The molecule has 1 aromatic carbocycles. The SMILES string of the molecule is C[C@](O)(C[C@@](N)(CF)c1ccccc1F)C(F)(F)F. The first-order valence-corrected chi connectivity index (χ1v) is 5.42. The van der Waals surface area contributed by atoms with Crippen molar-refractivity contribution in [1.82, 2.24) is 0 Å². The Morgan fingerprint density at radius 3 is 2.16 bits per heavy atom. The molecule has 0 aliphatic carbocycles. The maximum absolute atomic E-state index is 13.5. The van der Waals surface area contributed by atoms with E-state index in [1.807, 2.05) is 0 Å². The van der Waals surface area contributed by atoms with Gasteiger partial charge < -0.3 is 10.8 Å². The third kappa shape index (κ3) is 3.22. The van der Waals surface area contributed by atoms with Crippen LogP contribution in [0.2, 0.25) is 0 Å². The van der Waals surface area contributed by atoms with Crippen LogP contribution in [0.3, 0.4) is 0 Å². The fourth-order valence-corrected chi connectivity index (χ4v) is 1.79. The summed E-state index contributed by atoms with van der Waals surface area (Å²) in [6, 6.07) is 4.70. The van der Waals surface area contributed by atoms with Crippen LogP contribution in [0.4, 0.5) is 22.0 Å². The molecule has 3 N–H and O–H groups in total. The Morgan fingerprint density at radius 1 is 1.21 bits per heavy atom. The summed E-state index contributed by atoms with van der Waals surface area (Å²) in [6.07, 6.45) is -6.17. The van der Waals surface area contributed by atoms with Crippen LogP contribution < -0.4 is 5.73 Å². The molecule has 0 saturated carbocycles. The second-order valence-electron chi connectivity index (χ2n) is 4.72. The fourth-order valence-electron chi connectivity index (χ4n) is 1.79. The lowest BCUT2D eigenvalue weighted by Crippen LogP contribution is -2.52. The second-order valence-corrected chi connectivity index (χ2v) is 4.72. The van der Waals surface area contributed by atoms with Gasteiger partial charge in [0, 0.05) is 12.0 Å². The molecule has 0 aliphatic heterocycles. The van der Waals surface area contributed by atoms with Crippen molar-refractivity contribution in [3.63, 3.8) is 0 Å². The minimum Gasteiger partial charge on any atom is -0.381 e. The third-order valence-corrected chi connectivity index (χ3v) is 2.92. The number of rotatable bonds is 4. The van der Waals surface area contributed by atoms with E-state index in [4.69, 9.17) is 5.73 Å². The molecule has 0 radical (unpaired) electrons.